The van der Waals surface area contributed by atoms with Crippen LogP contribution in [0.2, 0.25) is 0 Å². The first-order chi connectivity index (χ1) is 16.4. The number of nitrogens with one attached hydrogen (secondary N) is 2. The van der Waals surface area contributed by atoms with Gasteiger partial charge in [-0.15, -0.1) is 0 Å². The third kappa shape index (κ3) is 5.52. The monoisotopic (exact) mass is 461 g/mol. The molecule has 4 rings (SSSR count). The van der Waals surface area contributed by atoms with Crippen molar-refractivity contribution < 1.29 is 14.7 Å². The van der Waals surface area contributed by atoms with Crippen LogP contribution in [0.3, 0.4) is 0 Å². The van der Waals surface area contributed by atoms with Crippen LogP contribution in [0.1, 0.15) is 52.8 Å². The summed E-state index contributed by atoms with van der Waals surface area (Å²) in [6, 6.07) is 17.5. The second kappa shape index (κ2) is 10.6. The van der Waals surface area contributed by atoms with Gasteiger partial charge in [0.05, 0.1) is 19.2 Å². The zero-order valence-corrected chi connectivity index (χ0v) is 19.6. The Morgan fingerprint density at radius 2 is 1.85 bits per heavy atom. The van der Waals surface area contributed by atoms with Gasteiger partial charge < -0.3 is 15.7 Å². The fourth-order valence-electron chi connectivity index (χ4n) is 4.39. The largest absolute Gasteiger partial charge is 0.394 e. The fraction of sp³-hybridized carbons (Fsp3) is 0.346. The molecule has 3 N–H and O–H groups in total. The minimum atomic E-state index is -0.203. The van der Waals surface area contributed by atoms with Crippen molar-refractivity contribution in [2.45, 2.75) is 45.9 Å². The predicted molar refractivity (Wildman–Crippen MR) is 130 cm³/mol. The number of amides is 2. The SMILES string of the molecule is CC(=O)Nc1ccc(CN2CCc3c(c(C(=O)NC(C)c4ccccc4)nn3CCO)C2)cc1. The van der Waals surface area contributed by atoms with E-state index in [2.05, 4.69) is 20.6 Å². The van der Waals surface area contributed by atoms with Crippen LogP contribution in [0.15, 0.2) is 54.6 Å². The molecule has 2 aromatic carbocycles. The van der Waals surface area contributed by atoms with Gasteiger partial charge in [0.25, 0.3) is 5.91 Å². The maximum absolute atomic E-state index is 13.2. The molecule has 1 aliphatic heterocycles. The van der Waals surface area contributed by atoms with E-state index in [1.54, 1.807) is 4.68 Å². The number of fused-ring (bicyclic) bond motifs is 1. The minimum absolute atomic E-state index is 0.0278. The summed E-state index contributed by atoms with van der Waals surface area (Å²) in [5.74, 6) is -0.297. The van der Waals surface area contributed by atoms with Gasteiger partial charge in [-0.25, -0.2) is 0 Å². The van der Waals surface area contributed by atoms with Crippen LogP contribution in [0.4, 0.5) is 5.69 Å². The highest BCUT2D eigenvalue weighted by atomic mass is 16.3. The second-order valence-corrected chi connectivity index (χ2v) is 8.67. The number of carbonyl (C=O) groups is 2. The first-order valence-electron chi connectivity index (χ1n) is 11.6. The van der Waals surface area contributed by atoms with Gasteiger partial charge in [0.15, 0.2) is 5.69 Å². The van der Waals surface area contributed by atoms with Gasteiger partial charge in [0.2, 0.25) is 5.91 Å². The average Bonchev–Trinajstić information content (AvgIpc) is 3.18. The maximum atomic E-state index is 13.2. The number of hydrogen-bond acceptors (Lipinski definition) is 5. The van der Waals surface area contributed by atoms with Crippen LogP contribution in [0.5, 0.6) is 0 Å². The molecule has 1 aliphatic rings. The molecule has 1 aromatic heterocycles. The van der Waals surface area contributed by atoms with Crippen molar-refractivity contribution in [3.8, 4) is 0 Å². The minimum Gasteiger partial charge on any atom is -0.394 e. The number of hydrogen-bond donors (Lipinski definition) is 3. The Balaban J connectivity index is 1.50. The van der Waals surface area contributed by atoms with Crippen LogP contribution < -0.4 is 10.6 Å². The normalized spacial score (nSPS) is 14.3. The van der Waals surface area contributed by atoms with E-state index in [0.717, 1.165) is 47.6 Å². The van der Waals surface area contributed by atoms with Crippen LogP contribution in [0, 0.1) is 0 Å². The lowest BCUT2D eigenvalue weighted by molar-refractivity contribution is -0.114. The van der Waals surface area contributed by atoms with Crippen LogP contribution in [0.25, 0.3) is 0 Å². The first-order valence-corrected chi connectivity index (χ1v) is 11.6. The standard InChI is InChI=1S/C26H31N5O3/c1-18(21-6-4-3-5-7-21)27-26(34)25-23-17-30(13-12-24(23)31(29-25)14-15-32)16-20-8-10-22(11-9-20)28-19(2)33/h3-11,18,32H,12-17H2,1-2H3,(H,27,34)(H,28,33). The van der Waals surface area contributed by atoms with Crippen LogP contribution in [-0.2, 0) is 30.8 Å². The van der Waals surface area contributed by atoms with Crippen molar-refractivity contribution in [1.29, 1.82) is 0 Å². The number of aromatic nitrogens is 2. The number of aliphatic hydroxyl groups is 1. The summed E-state index contributed by atoms with van der Waals surface area (Å²) in [6.07, 6.45) is 0.758. The van der Waals surface area contributed by atoms with Crippen molar-refractivity contribution in [2.24, 2.45) is 0 Å². The Labute approximate surface area is 199 Å². The second-order valence-electron chi connectivity index (χ2n) is 8.67. The van der Waals surface area contributed by atoms with Crippen molar-refractivity contribution in [3.05, 3.63) is 82.7 Å². The van der Waals surface area contributed by atoms with Gasteiger partial charge in [-0.05, 0) is 30.2 Å². The van der Waals surface area contributed by atoms with Crippen molar-refractivity contribution in [2.75, 3.05) is 18.5 Å². The smallest absolute Gasteiger partial charge is 0.272 e. The van der Waals surface area contributed by atoms with Crippen LogP contribution >= 0.6 is 0 Å². The van der Waals surface area contributed by atoms with Crippen molar-refractivity contribution in [1.82, 2.24) is 20.0 Å². The molecular formula is C26H31N5O3. The summed E-state index contributed by atoms with van der Waals surface area (Å²) in [4.78, 5) is 26.7. The molecule has 3 aromatic rings. The number of nitrogens with zero attached hydrogens (tertiary/aromatic N) is 3. The van der Waals surface area contributed by atoms with Gasteiger partial charge in [-0.1, -0.05) is 42.5 Å². The van der Waals surface area contributed by atoms with E-state index in [-0.39, 0.29) is 24.5 Å². The summed E-state index contributed by atoms with van der Waals surface area (Å²) in [6.45, 7) is 5.96. The molecular weight excluding hydrogens is 430 g/mol. The van der Waals surface area contributed by atoms with Gasteiger partial charge in [-0.3, -0.25) is 19.2 Å². The molecule has 1 atom stereocenters. The van der Waals surface area contributed by atoms with Crippen molar-refractivity contribution in [3.63, 3.8) is 0 Å². The molecule has 2 heterocycles. The molecule has 0 saturated heterocycles. The Morgan fingerprint density at radius 3 is 2.53 bits per heavy atom. The van der Waals surface area contributed by atoms with E-state index >= 15 is 0 Å². The number of benzene rings is 2. The Kier molecular flexibility index (Phi) is 7.40. The predicted octanol–water partition coefficient (Wildman–Crippen LogP) is 2.88. The number of carbonyl (C=O) groups excluding carboxylic acids is 2. The Morgan fingerprint density at radius 1 is 1.12 bits per heavy atom. The topological polar surface area (TPSA) is 99.5 Å². The fourth-order valence-corrected chi connectivity index (χ4v) is 4.39. The first kappa shape index (κ1) is 23.7. The lowest BCUT2D eigenvalue weighted by atomic mass is 10.0. The molecule has 0 spiro atoms. The molecule has 0 bridgehead atoms. The van der Waals surface area contributed by atoms with E-state index in [1.807, 2.05) is 61.5 Å². The molecule has 8 nitrogen and oxygen atoms in total. The van der Waals surface area contributed by atoms with E-state index in [9.17, 15) is 14.7 Å². The summed E-state index contributed by atoms with van der Waals surface area (Å²) in [5.41, 5.74) is 5.30. The molecule has 0 fully saturated rings. The van der Waals surface area contributed by atoms with E-state index in [4.69, 9.17) is 0 Å². The van der Waals surface area contributed by atoms with Gasteiger partial charge in [0.1, 0.15) is 0 Å². The van der Waals surface area contributed by atoms with Crippen molar-refractivity contribution >= 4 is 17.5 Å². The lowest BCUT2D eigenvalue weighted by Crippen LogP contribution is -2.33. The molecule has 0 radical (unpaired) electrons. The Bertz CT molecular complexity index is 1140. The summed E-state index contributed by atoms with van der Waals surface area (Å²) in [5, 5.41) is 19.9. The number of anilines is 1. The highest BCUT2D eigenvalue weighted by Gasteiger charge is 2.28. The molecule has 2 amide bonds. The maximum Gasteiger partial charge on any atom is 0.272 e. The van der Waals surface area contributed by atoms with Gasteiger partial charge in [-0.2, -0.15) is 5.10 Å². The number of aliphatic hydroxyl groups excluding tert-OH is 1. The summed E-state index contributed by atoms with van der Waals surface area (Å²) < 4.78 is 1.77. The molecule has 0 aliphatic carbocycles. The van der Waals surface area contributed by atoms with E-state index < -0.39 is 0 Å². The zero-order chi connectivity index (χ0) is 24.1. The zero-order valence-electron chi connectivity index (χ0n) is 19.6. The highest BCUT2D eigenvalue weighted by molar-refractivity contribution is 5.94. The Hall–Kier alpha value is -3.49. The molecule has 178 valence electrons. The third-order valence-electron chi connectivity index (χ3n) is 6.07. The molecule has 1 unspecified atom stereocenters. The molecule has 8 heteroatoms. The third-order valence-corrected chi connectivity index (χ3v) is 6.07. The van der Waals surface area contributed by atoms with Gasteiger partial charge >= 0.3 is 0 Å². The molecule has 34 heavy (non-hydrogen) atoms. The average molecular weight is 462 g/mol. The summed E-state index contributed by atoms with van der Waals surface area (Å²) in [7, 11) is 0. The molecule has 0 saturated carbocycles. The van der Waals surface area contributed by atoms with E-state index in [1.165, 1.54) is 6.92 Å². The van der Waals surface area contributed by atoms with E-state index in [0.29, 0.717) is 18.8 Å². The lowest BCUT2D eigenvalue weighted by Gasteiger charge is -2.28. The highest BCUT2D eigenvalue weighted by Crippen LogP contribution is 2.25. The number of rotatable bonds is 8. The summed E-state index contributed by atoms with van der Waals surface area (Å²) >= 11 is 0. The van der Waals surface area contributed by atoms with Crippen LogP contribution in [-0.4, -0.2) is 44.8 Å². The van der Waals surface area contributed by atoms with Gasteiger partial charge in [0, 0.05) is 49.9 Å². The quantitative estimate of drug-likeness (QED) is 0.479.